The lowest BCUT2D eigenvalue weighted by molar-refractivity contribution is 0.0690. The molecule has 0 amide bonds. The summed E-state index contributed by atoms with van der Waals surface area (Å²) in [5, 5.41) is 12.8. The highest BCUT2D eigenvalue weighted by Crippen LogP contribution is 2.21. The molecule has 2 N–H and O–H groups in total. The van der Waals surface area contributed by atoms with Crippen LogP contribution in [0, 0.1) is 0 Å². The molecular formula is C22H21N3O2. The number of aromatic carboxylic acids is 1. The van der Waals surface area contributed by atoms with Crippen molar-refractivity contribution < 1.29 is 9.90 Å². The van der Waals surface area contributed by atoms with Crippen molar-refractivity contribution >= 4 is 22.9 Å². The van der Waals surface area contributed by atoms with Crippen LogP contribution in [-0.4, -0.2) is 20.5 Å². The van der Waals surface area contributed by atoms with E-state index >= 15 is 0 Å². The van der Waals surface area contributed by atoms with Gasteiger partial charge in [0.25, 0.3) is 0 Å². The number of fused-ring (bicyclic) bond motifs is 1. The zero-order valence-corrected chi connectivity index (χ0v) is 15.1. The first-order chi connectivity index (χ1) is 13.1. The number of pyridine rings is 1. The van der Waals surface area contributed by atoms with E-state index in [0.29, 0.717) is 17.9 Å². The minimum atomic E-state index is -0.999. The molecule has 5 nitrogen and oxygen atoms in total. The zero-order chi connectivity index (χ0) is 19.2. The smallest absolute Gasteiger partial charge is 0.355 e. The van der Waals surface area contributed by atoms with Crippen LogP contribution in [0.3, 0.4) is 0 Å². The van der Waals surface area contributed by atoms with Crippen LogP contribution in [0.2, 0.25) is 0 Å². The SMILES string of the molecule is C=C/C=C\C(=C/C)c1cccc(CNc2ccc3nccn3c2C(=O)O)c1. The molecule has 136 valence electrons. The van der Waals surface area contributed by atoms with Crippen molar-refractivity contribution in [2.45, 2.75) is 13.5 Å². The van der Waals surface area contributed by atoms with Crippen molar-refractivity contribution in [3.63, 3.8) is 0 Å². The zero-order valence-electron chi connectivity index (χ0n) is 15.1. The lowest BCUT2D eigenvalue weighted by Gasteiger charge is -2.12. The maximum atomic E-state index is 11.7. The maximum Gasteiger partial charge on any atom is 0.355 e. The summed E-state index contributed by atoms with van der Waals surface area (Å²) in [5.74, 6) is -0.999. The normalized spacial score (nSPS) is 11.8. The summed E-state index contributed by atoms with van der Waals surface area (Å²) in [4.78, 5) is 15.9. The van der Waals surface area contributed by atoms with Gasteiger partial charge in [-0.15, -0.1) is 0 Å². The van der Waals surface area contributed by atoms with E-state index in [-0.39, 0.29) is 5.69 Å². The number of hydrogen-bond acceptors (Lipinski definition) is 3. The number of benzene rings is 1. The second kappa shape index (κ2) is 8.19. The van der Waals surface area contributed by atoms with Gasteiger partial charge < -0.3 is 10.4 Å². The molecule has 0 saturated carbocycles. The molecule has 3 aromatic rings. The van der Waals surface area contributed by atoms with E-state index in [0.717, 1.165) is 16.7 Å². The van der Waals surface area contributed by atoms with E-state index < -0.39 is 5.97 Å². The van der Waals surface area contributed by atoms with E-state index in [9.17, 15) is 9.90 Å². The summed E-state index contributed by atoms with van der Waals surface area (Å²) in [5.41, 5.74) is 4.58. The van der Waals surface area contributed by atoms with Gasteiger partial charge in [0.05, 0.1) is 5.69 Å². The average molecular weight is 359 g/mol. The number of nitrogens with zero attached hydrogens (tertiary/aromatic N) is 2. The maximum absolute atomic E-state index is 11.7. The molecule has 1 aromatic carbocycles. The second-order valence-corrected chi connectivity index (χ2v) is 5.95. The standard InChI is InChI=1S/C22H21N3O2/c1-3-5-8-17(4-2)18-9-6-7-16(14-18)15-24-19-10-11-20-23-12-13-25(20)21(19)22(26)27/h3-14,24H,1,15H2,2H3,(H,26,27)/b8-5-,17-4+. The van der Waals surface area contributed by atoms with E-state index in [1.54, 1.807) is 35.0 Å². The molecule has 0 radical (unpaired) electrons. The minimum absolute atomic E-state index is 0.171. The summed E-state index contributed by atoms with van der Waals surface area (Å²) < 4.78 is 1.57. The largest absolute Gasteiger partial charge is 0.476 e. The third-order valence-electron chi connectivity index (χ3n) is 4.23. The summed E-state index contributed by atoms with van der Waals surface area (Å²) in [6.45, 7) is 6.21. The number of nitrogens with one attached hydrogen (secondary N) is 1. The van der Waals surface area contributed by atoms with Crippen molar-refractivity contribution in [1.29, 1.82) is 0 Å². The molecule has 2 heterocycles. The third kappa shape index (κ3) is 3.98. The fourth-order valence-corrected chi connectivity index (χ4v) is 2.94. The number of hydrogen-bond donors (Lipinski definition) is 2. The van der Waals surface area contributed by atoms with Crippen LogP contribution in [0.4, 0.5) is 5.69 Å². The molecule has 0 aliphatic heterocycles. The summed E-state index contributed by atoms with van der Waals surface area (Å²) in [7, 11) is 0. The number of carbonyl (C=O) groups is 1. The molecule has 27 heavy (non-hydrogen) atoms. The van der Waals surface area contributed by atoms with Gasteiger partial charge in [-0.2, -0.15) is 0 Å². The van der Waals surface area contributed by atoms with E-state index in [1.165, 1.54) is 0 Å². The Kier molecular flexibility index (Phi) is 5.52. The summed E-state index contributed by atoms with van der Waals surface area (Å²) >= 11 is 0. The Morgan fingerprint density at radius 3 is 2.93 bits per heavy atom. The molecule has 5 heteroatoms. The van der Waals surface area contributed by atoms with Gasteiger partial charge in [0.1, 0.15) is 5.65 Å². The predicted octanol–water partition coefficient (Wildman–Crippen LogP) is 4.79. The molecule has 0 atom stereocenters. The Bertz CT molecular complexity index is 1040. The lowest BCUT2D eigenvalue weighted by Crippen LogP contribution is -2.11. The lowest BCUT2D eigenvalue weighted by atomic mass is 10.0. The monoisotopic (exact) mass is 359 g/mol. The summed E-state index contributed by atoms with van der Waals surface area (Å²) in [6, 6.07) is 11.7. The van der Waals surface area contributed by atoms with Crippen LogP contribution >= 0.6 is 0 Å². The number of imidazole rings is 1. The Labute approximate surface area is 158 Å². The van der Waals surface area contributed by atoms with Crippen LogP contribution < -0.4 is 5.32 Å². The van der Waals surface area contributed by atoms with Crippen LogP contribution in [0.5, 0.6) is 0 Å². The highest BCUT2D eigenvalue weighted by molar-refractivity contribution is 5.93. The van der Waals surface area contributed by atoms with E-state index in [4.69, 9.17) is 0 Å². The highest BCUT2D eigenvalue weighted by atomic mass is 16.4. The predicted molar refractivity (Wildman–Crippen MR) is 109 cm³/mol. The first-order valence-corrected chi connectivity index (χ1v) is 8.62. The van der Waals surface area contributed by atoms with Crippen molar-refractivity contribution in [3.05, 3.63) is 96.5 Å². The topological polar surface area (TPSA) is 66.6 Å². The van der Waals surface area contributed by atoms with Gasteiger partial charge in [-0.25, -0.2) is 9.78 Å². The van der Waals surface area contributed by atoms with Gasteiger partial charge in [0, 0.05) is 18.9 Å². The molecule has 0 unspecified atom stereocenters. The number of aromatic nitrogens is 2. The van der Waals surface area contributed by atoms with Crippen LogP contribution in [-0.2, 0) is 6.54 Å². The molecule has 0 aliphatic carbocycles. The van der Waals surface area contributed by atoms with Crippen LogP contribution in [0.15, 0.2) is 79.7 Å². The van der Waals surface area contributed by atoms with E-state index in [2.05, 4.69) is 22.9 Å². The van der Waals surface area contributed by atoms with Gasteiger partial charge in [-0.05, 0) is 41.8 Å². The van der Waals surface area contributed by atoms with Gasteiger partial charge in [0.2, 0.25) is 0 Å². The van der Waals surface area contributed by atoms with Crippen LogP contribution in [0.1, 0.15) is 28.5 Å². The van der Waals surface area contributed by atoms with Gasteiger partial charge in [0.15, 0.2) is 5.69 Å². The van der Waals surface area contributed by atoms with Crippen molar-refractivity contribution in [3.8, 4) is 0 Å². The van der Waals surface area contributed by atoms with Crippen molar-refractivity contribution in [1.82, 2.24) is 9.38 Å². The van der Waals surface area contributed by atoms with Gasteiger partial charge >= 0.3 is 5.97 Å². The fourth-order valence-electron chi connectivity index (χ4n) is 2.94. The van der Waals surface area contributed by atoms with Gasteiger partial charge in [-0.3, -0.25) is 4.40 Å². The molecule has 0 saturated heterocycles. The Hall–Kier alpha value is -3.60. The third-order valence-corrected chi connectivity index (χ3v) is 4.23. The molecule has 2 aromatic heterocycles. The average Bonchev–Trinajstić information content (AvgIpc) is 3.15. The Morgan fingerprint density at radius 1 is 1.33 bits per heavy atom. The minimum Gasteiger partial charge on any atom is -0.476 e. The number of rotatable bonds is 7. The second-order valence-electron chi connectivity index (χ2n) is 5.95. The van der Waals surface area contributed by atoms with Crippen molar-refractivity contribution in [2.24, 2.45) is 0 Å². The fraction of sp³-hybridized carbons (Fsp3) is 0.0909. The number of carboxylic acid groups (broad SMARTS) is 1. The Balaban J connectivity index is 1.85. The highest BCUT2D eigenvalue weighted by Gasteiger charge is 2.14. The first-order valence-electron chi connectivity index (χ1n) is 8.62. The molecule has 0 spiro atoms. The Morgan fingerprint density at radius 2 is 2.19 bits per heavy atom. The van der Waals surface area contributed by atoms with E-state index in [1.807, 2.05) is 43.4 Å². The van der Waals surface area contributed by atoms with Crippen molar-refractivity contribution in [2.75, 3.05) is 5.32 Å². The summed E-state index contributed by atoms with van der Waals surface area (Å²) in [6.07, 6.45) is 10.9. The van der Waals surface area contributed by atoms with Crippen LogP contribution in [0.25, 0.3) is 11.2 Å². The molecule has 0 aliphatic rings. The molecule has 0 bridgehead atoms. The number of allylic oxidation sites excluding steroid dienone is 5. The quantitative estimate of drug-likeness (QED) is 0.595. The number of carboxylic acids is 1. The molecule has 3 rings (SSSR count). The first kappa shape index (κ1) is 18.2. The molecular weight excluding hydrogens is 338 g/mol. The number of anilines is 1. The molecule has 0 fully saturated rings. The van der Waals surface area contributed by atoms with Gasteiger partial charge in [-0.1, -0.05) is 49.1 Å².